The summed E-state index contributed by atoms with van der Waals surface area (Å²) < 4.78 is 11.0. The predicted octanol–water partition coefficient (Wildman–Crippen LogP) is 2.06. The Kier molecular flexibility index (Phi) is 6.32. The molecule has 16 heavy (non-hydrogen) atoms. The van der Waals surface area contributed by atoms with Gasteiger partial charge in [0.1, 0.15) is 0 Å². The monoisotopic (exact) mass is 229 g/mol. The Morgan fingerprint density at radius 1 is 1.31 bits per heavy atom. The zero-order chi connectivity index (χ0) is 12.0. The van der Waals surface area contributed by atoms with E-state index in [-0.39, 0.29) is 0 Å². The molecule has 0 amide bonds. The van der Waals surface area contributed by atoms with Gasteiger partial charge in [0.2, 0.25) is 0 Å². The molecule has 3 heteroatoms. The average molecular weight is 229 g/mol. The van der Waals surface area contributed by atoms with Crippen molar-refractivity contribution >= 4 is 0 Å². The summed E-state index contributed by atoms with van der Waals surface area (Å²) in [5.41, 5.74) is 0. The summed E-state index contributed by atoms with van der Waals surface area (Å²) in [6.07, 6.45) is 3.92. The molecular weight excluding hydrogens is 202 g/mol. The maximum atomic E-state index is 5.61. The van der Waals surface area contributed by atoms with Crippen molar-refractivity contribution in [1.29, 1.82) is 0 Å². The van der Waals surface area contributed by atoms with Gasteiger partial charge in [0.05, 0.1) is 6.10 Å². The molecule has 0 spiro atoms. The molecule has 96 valence electrons. The molecule has 1 heterocycles. The Hall–Kier alpha value is -0.120. The zero-order valence-corrected chi connectivity index (χ0v) is 11.2. The third-order valence-corrected chi connectivity index (χ3v) is 3.62. The van der Waals surface area contributed by atoms with Crippen molar-refractivity contribution in [3.05, 3.63) is 0 Å². The molecule has 0 saturated carbocycles. The molecular formula is C13H27NO2. The van der Waals surface area contributed by atoms with Crippen LogP contribution in [0.5, 0.6) is 0 Å². The summed E-state index contributed by atoms with van der Waals surface area (Å²) in [6, 6.07) is 0.466. The molecule has 1 aliphatic rings. The molecule has 2 unspecified atom stereocenters. The quantitative estimate of drug-likeness (QED) is 0.756. The first-order chi connectivity index (χ1) is 7.69. The van der Waals surface area contributed by atoms with Crippen molar-refractivity contribution in [2.45, 2.75) is 45.3 Å². The molecule has 0 aliphatic carbocycles. The fourth-order valence-electron chi connectivity index (χ4n) is 2.66. The first kappa shape index (κ1) is 13.9. The van der Waals surface area contributed by atoms with E-state index >= 15 is 0 Å². The van der Waals surface area contributed by atoms with Crippen LogP contribution in [0.2, 0.25) is 0 Å². The van der Waals surface area contributed by atoms with Crippen LogP contribution in [-0.2, 0) is 9.47 Å². The molecule has 1 aliphatic heterocycles. The number of likely N-dealkylation sites (N-methyl/N-ethyl adjacent to an activating group) is 1. The molecule has 0 aromatic heterocycles. The van der Waals surface area contributed by atoms with E-state index in [9.17, 15) is 0 Å². The van der Waals surface area contributed by atoms with Gasteiger partial charge in [-0.1, -0.05) is 13.8 Å². The third kappa shape index (κ3) is 4.04. The van der Waals surface area contributed by atoms with E-state index in [0.29, 0.717) is 18.1 Å². The standard InChI is InChI=1S/C13H27NO2/c1-10(2)13(15-4)12(14-3)9-11-5-7-16-8-6-11/h10-14H,5-9H2,1-4H3. The Morgan fingerprint density at radius 2 is 1.94 bits per heavy atom. The maximum Gasteiger partial charge on any atom is 0.0747 e. The van der Waals surface area contributed by atoms with Gasteiger partial charge in [-0.2, -0.15) is 0 Å². The molecule has 1 saturated heterocycles. The van der Waals surface area contributed by atoms with Gasteiger partial charge in [0, 0.05) is 26.4 Å². The summed E-state index contributed by atoms with van der Waals surface area (Å²) in [6.45, 7) is 6.31. The molecule has 1 N–H and O–H groups in total. The van der Waals surface area contributed by atoms with Crippen LogP contribution in [0, 0.1) is 11.8 Å². The second-order valence-electron chi connectivity index (χ2n) is 5.13. The van der Waals surface area contributed by atoms with Gasteiger partial charge in [-0.25, -0.2) is 0 Å². The van der Waals surface area contributed by atoms with E-state index in [1.165, 1.54) is 19.3 Å². The first-order valence-electron chi connectivity index (χ1n) is 6.46. The average Bonchev–Trinajstić information content (AvgIpc) is 2.29. The summed E-state index contributed by atoms with van der Waals surface area (Å²) >= 11 is 0. The highest BCUT2D eigenvalue weighted by Crippen LogP contribution is 2.23. The van der Waals surface area contributed by atoms with E-state index < -0.39 is 0 Å². The highest BCUT2D eigenvalue weighted by atomic mass is 16.5. The van der Waals surface area contributed by atoms with Crippen LogP contribution < -0.4 is 5.32 Å². The lowest BCUT2D eigenvalue weighted by atomic mass is 9.87. The van der Waals surface area contributed by atoms with Crippen LogP contribution in [0.3, 0.4) is 0 Å². The minimum atomic E-state index is 0.313. The van der Waals surface area contributed by atoms with Crippen molar-refractivity contribution in [2.75, 3.05) is 27.4 Å². The van der Waals surface area contributed by atoms with E-state index in [2.05, 4.69) is 19.2 Å². The zero-order valence-electron chi connectivity index (χ0n) is 11.2. The lowest BCUT2D eigenvalue weighted by Gasteiger charge is -2.33. The molecule has 3 nitrogen and oxygen atoms in total. The fraction of sp³-hybridized carbons (Fsp3) is 1.00. The number of ether oxygens (including phenoxy) is 2. The first-order valence-corrected chi connectivity index (χ1v) is 6.46. The number of nitrogens with one attached hydrogen (secondary N) is 1. The predicted molar refractivity (Wildman–Crippen MR) is 66.6 cm³/mol. The summed E-state index contributed by atoms with van der Waals surface area (Å²) in [5.74, 6) is 1.35. The summed E-state index contributed by atoms with van der Waals surface area (Å²) in [5, 5.41) is 3.42. The Balaban J connectivity index is 2.45. The van der Waals surface area contributed by atoms with Crippen LogP contribution >= 0.6 is 0 Å². The van der Waals surface area contributed by atoms with E-state index in [4.69, 9.17) is 9.47 Å². The Bertz CT molecular complexity index is 179. The molecule has 0 aromatic rings. The van der Waals surface area contributed by atoms with Crippen molar-refractivity contribution in [3.63, 3.8) is 0 Å². The van der Waals surface area contributed by atoms with Crippen LogP contribution in [0.1, 0.15) is 33.1 Å². The number of methoxy groups -OCH3 is 1. The molecule has 1 rings (SSSR count). The van der Waals surface area contributed by atoms with Crippen molar-refractivity contribution in [3.8, 4) is 0 Å². The maximum absolute atomic E-state index is 5.61. The van der Waals surface area contributed by atoms with Gasteiger partial charge in [0.15, 0.2) is 0 Å². The van der Waals surface area contributed by atoms with Crippen LogP contribution in [0.25, 0.3) is 0 Å². The summed E-state index contributed by atoms with van der Waals surface area (Å²) in [4.78, 5) is 0. The minimum absolute atomic E-state index is 0.313. The van der Waals surface area contributed by atoms with Crippen molar-refractivity contribution in [2.24, 2.45) is 11.8 Å². The fourth-order valence-corrected chi connectivity index (χ4v) is 2.66. The van der Waals surface area contributed by atoms with Crippen LogP contribution in [0.15, 0.2) is 0 Å². The molecule has 0 aromatic carbocycles. The number of hydrogen-bond acceptors (Lipinski definition) is 3. The number of hydrogen-bond donors (Lipinski definition) is 1. The van der Waals surface area contributed by atoms with E-state index in [1.807, 2.05) is 14.2 Å². The largest absolute Gasteiger partial charge is 0.381 e. The lowest BCUT2D eigenvalue weighted by Crippen LogP contribution is -2.43. The highest BCUT2D eigenvalue weighted by Gasteiger charge is 2.26. The van der Waals surface area contributed by atoms with Gasteiger partial charge >= 0.3 is 0 Å². The smallest absolute Gasteiger partial charge is 0.0747 e. The number of rotatable bonds is 6. The molecule has 2 atom stereocenters. The molecule has 0 radical (unpaired) electrons. The normalized spacial score (nSPS) is 22.3. The Labute approximate surface area is 99.9 Å². The van der Waals surface area contributed by atoms with Crippen molar-refractivity contribution in [1.82, 2.24) is 5.32 Å². The third-order valence-electron chi connectivity index (χ3n) is 3.62. The van der Waals surface area contributed by atoms with Gasteiger partial charge in [-0.05, 0) is 38.1 Å². The van der Waals surface area contributed by atoms with Gasteiger partial charge < -0.3 is 14.8 Å². The molecule has 0 bridgehead atoms. The second-order valence-corrected chi connectivity index (χ2v) is 5.13. The summed E-state index contributed by atoms with van der Waals surface area (Å²) in [7, 11) is 3.86. The highest BCUT2D eigenvalue weighted by molar-refractivity contribution is 4.81. The lowest BCUT2D eigenvalue weighted by molar-refractivity contribution is 0.0137. The van der Waals surface area contributed by atoms with Crippen LogP contribution in [0.4, 0.5) is 0 Å². The Morgan fingerprint density at radius 3 is 2.38 bits per heavy atom. The van der Waals surface area contributed by atoms with E-state index in [0.717, 1.165) is 19.1 Å². The van der Waals surface area contributed by atoms with Crippen molar-refractivity contribution < 1.29 is 9.47 Å². The minimum Gasteiger partial charge on any atom is -0.381 e. The SMILES string of the molecule is CNC(CC1CCOCC1)C(OC)C(C)C. The molecule has 1 fully saturated rings. The van der Waals surface area contributed by atoms with Gasteiger partial charge in [-0.15, -0.1) is 0 Å². The van der Waals surface area contributed by atoms with Crippen LogP contribution in [-0.4, -0.2) is 39.5 Å². The van der Waals surface area contributed by atoms with Gasteiger partial charge in [0.25, 0.3) is 0 Å². The van der Waals surface area contributed by atoms with E-state index in [1.54, 1.807) is 0 Å². The second kappa shape index (κ2) is 7.25. The van der Waals surface area contributed by atoms with Gasteiger partial charge in [-0.3, -0.25) is 0 Å². The topological polar surface area (TPSA) is 30.5 Å².